The molecule has 16 heavy (non-hydrogen) atoms. The van der Waals surface area contributed by atoms with Gasteiger partial charge in [-0.1, -0.05) is 23.7 Å². The van der Waals surface area contributed by atoms with Gasteiger partial charge in [0, 0.05) is 24.0 Å². The molecule has 0 radical (unpaired) electrons. The van der Waals surface area contributed by atoms with Gasteiger partial charge in [-0.3, -0.25) is 0 Å². The first-order valence-corrected chi connectivity index (χ1v) is 5.87. The fraction of sp³-hybridized carbons (Fsp3) is 0.385. The summed E-state index contributed by atoms with van der Waals surface area (Å²) in [5, 5.41) is 2.02. The van der Waals surface area contributed by atoms with Crippen LogP contribution in [0.5, 0.6) is 0 Å². The van der Waals surface area contributed by atoms with Crippen LogP contribution >= 0.6 is 11.6 Å². The van der Waals surface area contributed by atoms with Crippen LogP contribution in [0.15, 0.2) is 18.2 Å². The minimum Gasteiger partial charge on any atom is -0.335 e. The van der Waals surface area contributed by atoms with Crippen LogP contribution in [-0.2, 0) is 13.5 Å². The van der Waals surface area contributed by atoms with E-state index < -0.39 is 0 Å². The van der Waals surface area contributed by atoms with E-state index in [1.165, 1.54) is 16.5 Å². The van der Waals surface area contributed by atoms with Crippen molar-refractivity contribution in [3.63, 3.8) is 0 Å². The maximum absolute atomic E-state index is 6.34. The molecule has 2 aromatic rings. The molecule has 86 valence electrons. The Morgan fingerprint density at radius 2 is 2.12 bits per heavy atom. The number of nitrogens with two attached hydrogens (primary N) is 1. The Hall–Kier alpha value is -0.990. The van der Waals surface area contributed by atoms with Crippen LogP contribution < -0.4 is 5.73 Å². The molecule has 0 saturated carbocycles. The Morgan fingerprint density at radius 1 is 1.44 bits per heavy atom. The monoisotopic (exact) mass is 236 g/mol. The lowest BCUT2D eigenvalue weighted by Gasteiger charge is -2.04. The smallest absolute Gasteiger partial charge is 0.113 e. The molecule has 0 saturated heterocycles. The fourth-order valence-electron chi connectivity index (χ4n) is 2.11. The molecule has 2 rings (SSSR count). The first-order chi connectivity index (χ1) is 7.50. The van der Waals surface area contributed by atoms with Crippen molar-refractivity contribution in [3.05, 3.63) is 34.5 Å². The summed E-state index contributed by atoms with van der Waals surface area (Å²) in [4.78, 5) is 0. The third-order valence-electron chi connectivity index (χ3n) is 2.91. The molecule has 0 fully saturated rings. The van der Waals surface area contributed by atoms with Crippen molar-refractivity contribution < 1.29 is 0 Å². The minimum atomic E-state index is 0.129. The average Bonchev–Trinajstić information content (AvgIpc) is 2.43. The maximum atomic E-state index is 6.34. The van der Waals surface area contributed by atoms with E-state index in [-0.39, 0.29) is 6.04 Å². The zero-order chi connectivity index (χ0) is 11.9. The van der Waals surface area contributed by atoms with Crippen LogP contribution in [0.2, 0.25) is 5.15 Å². The SMILES string of the molecule is Cc1ccc2c(CC(C)N)c(Cl)n(C)c2c1. The van der Waals surface area contributed by atoms with E-state index in [0.717, 1.165) is 17.1 Å². The second kappa shape index (κ2) is 4.11. The van der Waals surface area contributed by atoms with E-state index in [1.54, 1.807) is 0 Å². The van der Waals surface area contributed by atoms with Crippen molar-refractivity contribution in [2.24, 2.45) is 12.8 Å². The van der Waals surface area contributed by atoms with Crippen LogP contribution in [0.3, 0.4) is 0 Å². The quantitative estimate of drug-likeness (QED) is 0.854. The van der Waals surface area contributed by atoms with Crippen LogP contribution in [0.25, 0.3) is 10.9 Å². The van der Waals surface area contributed by atoms with Gasteiger partial charge >= 0.3 is 0 Å². The Morgan fingerprint density at radius 3 is 2.75 bits per heavy atom. The zero-order valence-electron chi connectivity index (χ0n) is 9.92. The number of hydrogen-bond acceptors (Lipinski definition) is 1. The third kappa shape index (κ3) is 1.83. The number of aryl methyl sites for hydroxylation is 2. The largest absolute Gasteiger partial charge is 0.335 e. The van der Waals surface area contributed by atoms with Gasteiger partial charge in [-0.2, -0.15) is 0 Å². The summed E-state index contributed by atoms with van der Waals surface area (Å²) in [5.41, 5.74) is 9.45. The molecule has 1 atom stereocenters. The topological polar surface area (TPSA) is 30.9 Å². The highest BCUT2D eigenvalue weighted by molar-refractivity contribution is 6.32. The molecule has 0 bridgehead atoms. The first kappa shape index (κ1) is 11.5. The second-order valence-corrected chi connectivity index (χ2v) is 4.89. The molecule has 2 nitrogen and oxygen atoms in total. The molecule has 0 aliphatic heterocycles. The Bertz CT molecular complexity index is 526. The van der Waals surface area contributed by atoms with Gasteiger partial charge in [0.2, 0.25) is 0 Å². The number of aromatic nitrogens is 1. The summed E-state index contributed by atoms with van der Waals surface area (Å²) in [6.45, 7) is 4.09. The lowest BCUT2D eigenvalue weighted by atomic mass is 10.1. The van der Waals surface area contributed by atoms with E-state index in [2.05, 4.69) is 25.1 Å². The van der Waals surface area contributed by atoms with E-state index in [1.807, 2.05) is 18.5 Å². The number of halogens is 1. The Balaban J connectivity index is 2.69. The highest BCUT2D eigenvalue weighted by Gasteiger charge is 2.14. The van der Waals surface area contributed by atoms with E-state index >= 15 is 0 Å². The summed E-state index contributed by atoms with van der Waals surface area (Å²) < 4.78 is 2.03. The van der Waals surface area contributed by atoms with Gasteiger partial charge in [0.25, 0.3) is 0 Å². The summed E-state index contributed by atoms with van der Waals surface area (Å²) in [6.07, 6.45) is 0.819. The third-order valence-corrected chi connectivity index (χ3v) is 3.39. The second-order valence-electron chi connectivity index (χ2n) is 4.53. The van der Waals surface area contributed by atoms with Crippen molar-refractivity contribution in [3.8, 4) is 0 Å². The molecule has 0 amide bonds. The van der Waals surface area contributed by atoms with Crippen LogP contribution in [-0.4, -0.2) is 10.6 Å². The number of fused-ring (bicyclic) bond motifs is 1. The van der Waals surface area contributed by atoms with Crippen molar-refractivity contribution in [2.45, 2.75) is 26.3 Å². The predicted molar refractivity (Wildman–Crippen MR) is 70.0 cm³/mol. The van der Waals surface area contributed by atoms with E-state index in [9.17, 15) is 0 Å². The fourth-order valence-corrected chi connectivity index (χ4v) is 2.38. The molecule has 0 aliphatic rings. The minimum absolute atomic E-state index is 0.129. The Kier molecular flexibility index (Phi) is 2.96. The van der Waals surface area contributed by atoms with Crippen LogP contribution in [0, 0.1) is 6.92 Å². The van der Waals surface area contributed by atoms with Gasteiger partial charge in [-0.05, 0) is 37.5 Å². The Labute approximate surface area is 101 Å². The molecule has 1 heterocycles. The van der Waals surface area contributed by atoms with Crippen molar-refractivity contribution in [1.29, 1.82) is 0 Å². The van der Waals surface area contributed by atoms with Crippen LogP contribution in [0.4, 0.5) is 0 Å². The molecular weight excluding hydrogens is 220 g/mol. The normalized spacial score (nSPS) is 13.3. The van der Waals surface area contributed by atoms with E-state index in [4.69, 9.17) is 17.3 Å². The van der Waals surface area contributed by atoms with Crippen molar-refractivity contribution in [2.75, 3.05) is 0 Å². The molecule has 3 heteroatoms. The summed E-state index contributed by atoms with van der Waals surface area (Å²) in [7, 11) is 1.99. The average molecular weight is 237 g/mol. The van der Waals surface area contributed by atoms with E-state index in [0.29, 0.717) is 0 Å². The van der Waals surface area contributed by atoms with Gasteiger partial charge in [-0.25, -0.2) is 0 Å². The number of hydrogen-bond donors (Lipinski definition) is 1. The molecule has 0 aliphatic carbocycles. The lowest BCUT2D eigenvalue weighted by Crippen LogP contribution is -2.17. The summed E-state index contributed by atoms with van der Waals surface area (Å²) in [5.74, 6) is 0. The molecule has 0 spiro atoms. The van der Waals surface area contributed by atoms with Gasteiger partial charge in [0.05, 0.1) is 0 Å². The van der Waals surface area contributed by atoms with Gasteiger partial charge in [0.1, 0.15) is 5.15 Å². The van der Waals surface area contributed by atoms with Gasteiger partial charge < -0.3 is 10.3 Å². The van der Waals surface area contributed by atoms with Crippen molar-refractivity contribution >= 4 is 22.5 Å². The highest BCUT2D eigenvalue weighted by atomic mass is 35.5. The molecule has 1 aromatic heterocycles. The number of nitrogens with zero attached hydrogens (tertiary/aromatic N) is 1. The van der Waals surface area contributed by atoms with Gasteiger partial charge in [-0.15, -0.1) is 0 Å². The van der Waals surface area contributed by atoms with Gasteiger partial charge in [0.15, 0.2) is 0 Å². The van der Waals surface area contributed by atoms with Crippen molar-refractivity contribution in [1.82, 2.24) is 4.57 Å². The standard InChI is InChI=1S/C13H17ClN2/c1-8-4-5-10-11(7-9(2)15)13(14)16(3)12(10)6-8/h4-6,9H,7,15H2,1-3H3. The molecular formula is C13H17ClN2. The lowest BCUT2D eigenvalue weighted by molar-refractivity contribution is 0.739. The maximum Gasteiger partial charge on any atom is 0.113 e. The van der Waals surface area contributed by atoms with Crippen LogP contribution in [0.1, 0.15) is 18.1 Å². The summed E-state index contributed by atoms with van der Waals surface area (Å²) >= 11 is 6.34. The molecule has 1 unspecified atom stereocenters. The number of rotatable bonds is 2. The first-order valence-electron chi connectivity index (χ1n) is 5.49. The number of benzene rings is 1. The molecule has 2 N–H and O–H groups in total. The molecule has 1 aromatic carbocycles. The zero-order valence-corrected chi connectivity index (χ0v) is 10.7. The highest BCUT2D eigenvalue weighted by Crippen LogP contribution is 2.30. The summed E-state index contributed by atoms with van der Waals surface area (Å²) in [6, 6.07) is 6.54. The predicted octanol–water partition coefficient (Wildman–Crippen LogP) is 3.03.